The monoisotopic (exact) mass is 301 g/mol. The standard InChI is InChI=1S/C11H13BrFN3O/c1-6(2)11(5-17)16-10-3-7(12)8(13)4-9(10)14-15-16/h3-4,6,11,17H,5H2,1-2H3. The molecule has 0 aliphatic heterocycles. The molecule has 0 radical (unpaired) electrons. The van der Waals surface area contributed by atoms with Gasteiger partial charge >= 0.3 is 0 Å². The lowest BCUT2D eigenvalue weighted by atomic mass is 10.1. The molecule has 0 aliphatic rings. The van der Waals surface area contributed by atoms with Crippen molar-refractivity contribution in [2.45, 2.75) is 19.9 Å². The predicted molar refractivity (Wildman–Crippen MR) is 66.1 cm³/mol. The van der Waals surface area contributed by atoms with Gasteiger partial charge in [0.2, 0.25) is 0 Å². The number of aliphatic hydroxyl groups excluding tert-OH is 1. The first-order chi connectivity index (χ1) is 8.04. The second-order valence-corrected chi connectivity index (χ2v) is 5.14. The summed E-state index contributed by atoms with van der Waals surface area (Å²) in [4.78, 5) is 0. The highest BCUT2D eigenvalue weighted by molar-refractivity contribution is 9.10. The zero-order valence-corrected chi connectivity index (χ0v) is 11.1. The van der Waals surface area contributed by atoms with Crippen molar-refractivity contribution >= 4 is 27.0 Å². The van der Waals surface area contributed by atoms with E-state index in [4.69, 9.17) is 0 Å². The van der Waals surface area contributed by atoms with Gasteiger partial charge in [0.05, 0.1) is 22.6 Å². The van der Waals surface area contributed by atoms with Gasteiger partial charge in [0, 0.05) is 6.07 Å². The Morgan fingerprint density at radius 3 is 2.76 bits per heavy atom. The highest BCUT2D eigenvalue weighted by Crippen LogP contribution is 2.26. The van der Waals surface area contributed by atoms with Crippen molar-refractivity contribution in [2.75, 3.05) is 6.61 Å². The van der Waals surface area contributed by atoms with Gasteiger partial charge in [-0.25, -0.2) is 9.07 Å². The van der Waals surface area contributed by atoms with Gasteiger partial charge in [-0.15, -0.1) is 5.10 Å². The molecule has 2 aromatic rings. The van der Waals surface area contributed by atoms with Gasteiger partial charge in [-0.3, -0.25) is 0 Å². The summed E-state index contributed by atoms with van der Waals surface area (Å²) in [5.74, 6) is -0.150. The lowest BCUT2D eigenvalue weighted by molar-refractivity contribution is 0.184. The number of rotatable bonds is 3. The molecule has 0 amide bonds. The van der Waals surface area contributed by atoms with Crippen LogP contribution in [-0.2, 0) is 0 Å². The third-order valence-corrected chi connectivity index (χ3v) is 3.39. The van der Waals surface area contributed by atoms with E-state index in [1.165, 1.54) is 6.07 Å². The summed E-state index contributed by atoms with van der Waals surface area (Å²) in [6, 6.07) is 2.81. The minimum Gasteiger partial charge on any atom is -0.394 e. The van der Waals surface area contributed by atoms with Crippen LogP contribution in [0, 0.1) is 11.7 Å². The summed E-state index contributed by atoms with van der Waals surface area (Å²) in [7, 11) is 0. The average molecular weight is 302 g/mol. The number of hydrogen-bond acceptors (Lipinski definition) is 3. The molecular weight excluding hydrogens is 289 g/mol. The van der Waals surface area contributed by atoms with Crippen molar-refractivity contribution in [3.63, 3.8) is 0 Å². The quantitative estimate of drug-likeness (QED) is 0.948. The molecule has 92 valence electrons. The first-order valence-electron chi connectivity index (χ1n) is 5.35. The maximum absolute atomic E-state index is 13.3. The van der Waals surface area contributed by atoms with E-state index < -0.39 is 0 Å². The molecule has 4 nitrogen and oxygen atoms in total. The van der Waals surface area contributed by atoms with Crippen LogP contribution in [0.2, 0.25) is 0 Å². The largest absolute Gasteiger partial charge is 0.394 e. The van der Waals surface area contributed by atoms with Gasteiger partial charge in [0.25, 0.3) is 0 Å². The molecular formula is C11H13BrFN3O. The Bertz CT molecular complexity index is 541. The third kappa shape index (κ3) is 2.19. The van der Waals surface area contributed by atoms with E-state index in [1.54, 1.807) is 10.7 Å². The molecule has 0 saturated heterocycles. The van der Waals surface area contributed by atoms with Gasteiger partial charge < -0.3 is 5.11 Å². The average Bonchev–Trinajstić information content (AvgIpc) is 2.63. The van der Waals surface area contributed by atoms with Crippen molar-refractivity contribution in [1.29, 1.82) is 0 Å². The van der Waals surface area contributed by atoms with E-state index in [0.717, 1.165) is 0 Å². The summed E-state index contributed by atoms with van der Waals surface area (Å²) in [6.07, 6.45) is 0. The summed E-state index contributed by atoms with van der Waals surface area (Å²) < 4.78 is 15.3. The van der Waals surface area contributed by atoms with E-state index in [9.17, 15) is 9.50 Å². The summed E-state index contributed by atoms with van der Waals surface area (Å²) >= 11 is 3.14. The van der Waals surface area contributed by atoms with Gasteiger partial charge in [-0.2, -0.15) is 0 Å². The molecule has 0 spiro atoms. The molecule has 0 saturated carbocycles. The normalized spacial score (nSPS) is 13.5. The van der Waals surface area contributed by atoms with E-state index in [1.807, 2.05) is 13.8 Å². The Hall–Kier alpha value is -1.01. The smallest absolute Gasteiger partial charge is 0.139 e. The number of benzene rings is 1. The number of nitrogens with zero attached hydrogens (tertiary/aromatic N) is 3. The Balaban J connectivity index is 2.59. The maximum Gasteiger partial charge on any atom is 0.139 e. The van der Waals surface area contributed by atoms with Crippen molar-refractivity contribution in [3.8, 4) is 0 Å². The minimum absolute atomic E-state index is 0.0227. The van der Waals surface area contributed by atoms with Gasteiger partial charge in [0.1, 0.15) is 11.3 Å². The minimum atomic E-state index is -0.366. The van der Waals surface area contributed by atoms with Crippen LogP contribution in [0.25, 0.3) is 11.0 Å². The maximum atomic E-state index is 13.3. The van der Waals surface area contributed by atoms with Gasteiger partial charge in [-0.05, 0) is 27.9 Å². The molecule has 0 aliphatic carbocycles. The fourth-order valence-electron chi connectivity index (χ4n) is 1.75. The summed E-state index contributed by atoms with van der Waals surface area (Å²) in [5, 5.41) is 17.3. The zero-order valence-electron chi connectivity index (χ0n) is 9.56. The Morgan fingerprint density at radius 1 is 1.47 bits per heavy atom. The third-order valence-electron chi connectivity index (χ3n) is 2.78. The molecule has 1 N–H and O–H groups in total. The number of aliphatic hydroxyl groups is 1. The number of fused-ring (bicyclic) bond motifs is 1. The van der Waals surface area contributed by atoms with Crippen LogP contribution in [0.3, 0.4) is 0 Å². The lowest BCUT2D eigenvalue weighted by Gasteiger charge is -2.18. The Morgan fingerprint density at radius 2 is 2.18 bits per heavy atom. The van der Waals surface area contributed by atoms with Crippen molar-refractivity contribution in [1.82, 2.24) is 15.0 Å². The van der Waals surface area contributed by atoms with Crippen LogP contribution < -0.4 is 0 Å². The highest BCUT2D eigenvalue weighted by Gasteiger charge is 2.19. The second kappa shape index (κ2) is 4.70. The molecule has 6 heteroatoms. The Kier molecular flexibility index (Phi) is 3.44. The highest BCUT2D eigenvalue weighted by atomic mass is 79.9. The molecule has 1 heterocycles. The zero-order chi connectivity index (χ0) is 12.6. The number of hydrogen-bond donors (Lipinski definition) is 1. The van der Waals surface area contributed by atoms with Crippen LogP contribution in [0.5, 0.6) is 0 Å². The van der Waals surface area contributed by atoms with Crippen LogP contribution in [0.15, 0.2) is 16.6 Å². The van der Waals surface area contributed by atoms with Crippen molar-refractivity contribution < 1.29 is 9.50 Å². The number of halogens is 2. The van der Waals surface area contributed by atoms with Crippen molar-refractivity contribution in [3.05, 3.63) is 22.4 Å². The predicted octanol–water partition coefficient (Wildman–Crippen LogP) is 2.52. The fourth-order valence-corrected chi connectivity index (χ4v) is 2.08. The van der Waals surface area contributed by atoms with Crippen molar-refractivity contribution in [2.24, 2.45) is 5.92 Å². The second-order valence-electron chi connectivity index (χ2n) is 4.28. The van der Waals surface area contributed by atoms with Gasteiger partial charge in [0.15, 0.2) is 0 Å². The van der Waals surface area contributed by atoms with E-state index in [0.29, 0.717) is 15.5 Å². The molecule has 1 aromatic heterocycles. The molecule has 1 aromatic carbocycles. The van der Waals surface area contributed by atoms with E-state index in [2.05, 4.69) is 26.2 Å². The molecule has 2 rings (SSSR count). The molecule has 0 fully saturated rings. The fraction of sp³-hybridized carbons (Fsp3) is 0.455. The topological polar surface area (TPSA) is 50.9 Å². The molecule has 1 unspecified atom stereocenters. The van der Waals surface area contributed by atoms with E-state index in [-0.39, 0.29) is 24.4 Å². The first kappa shape index (κ1) is 12.4. The van der Waals surface area contributed by atoms with Gasteiger partial charge in [-0.1, -0.05) is 19.1 Å². The lowest BCUT2D eigenvalue weighted by Crippen LogP contribution is -2.20. The number of aromatic nitrogens is 3. The first-order valence-corrected chi connectivity index (χ1v) is 6.14. The van der Waals surface area contributed by atoms with Crippen LogP contribution in [0.1, 0.15) is 19.9 Å². The Labute approximate surface area is 107 Å². The molecule has 1 atom stereocenters. The van der Waals surface area contributed by atoms with Crippen LogP contribution >= 0.6 is 15.9 Å². The summed E-state index contributed by atoms with van der Waals surface area (Å²) in [5.41, 5.74) is 1.20. The van der Waals surface area contributed by atoms with Crippen LogP contribution in [0.4, 0.5) is 4.39 Å². The summed E-state index contributed by atoms with van der Waals surface area (Å²) in [6.45, 7) is 3.96. The SMILES string of the molecule is CC(C)C(CO)n1nnc2cc(F)c(Br)cc21. The van der Waals surface area contributed by atoms with Crippen LogP contribution in [-0.4, -0.2) is 26.7 Å². The molecule has 0 bridgehead atoms. The molecule has 17 heavy (non-hydrogen) atoms. The van der Waals surface area contributed by atoms with E-state index >= 15 is 0 Å².